The Labute approximate surface area is 107 Å². The summed E-state index contributed by atoms with van der Waals surface area (Å²) in [6.45, 7) is 3.97. The lowest BCUT2D eigenvalue weighted by Crippen LogP contribution is -2.19. The predicted molar refractivity (Wildman–Crippen MR) is 71.2 cm³/mol. The molecule has 0 fully saturated rings. The first kappa shape index (κ1) is 12.6. The molecule has 0 spiro atoms. The smallest absolute Gasteiger partial charge is 0.133 e. The molecular formula is C14H18N4. The quantitative estimate of drug-likeness (QED) is 0.885. The Morgan fingerprint density at radius 2 is 2.17 bits per heavy atom. The van der Waals surface area contributed by atoms with Crippen LogP contribution in [0.5, 0.6) is 0 Å². The highest BCUT2D eigenvalue weighted by Crippen LogP contribution is 2.08. The third-order valence-corrected chi connectivity index (χ3v) is 2.57. The average Bonchev–Trinajstić information content (AvgIpc) is 2.28. The van der Waals surface area contributed by atoms with Crippen LogP contribution < -0.4 is 5.73 Å². The molecule has 2 aromatic heterocycles. The molecule has 0 bridgehead atoms. The first-order chi connectivity index (χ1) is 8.63. The highest BCUT2D eigenvalue weighted by Gasteiger charge is 2.05. The monoisotopic (exact) mass is 242 g/mol. The second-order valence-corrected chi connectivity index (χ2v) is 4.64. The SMILES string of the molecule is Cc1cc(CC(C)N)nc(Cc2cccnc2)n1. The lowest BCUT2D eigenvalue weighted by atomic mass is 10.1. The molecular weight excluding hydrogens is 224 g/mol. The second kappa shape index (κ2) is 5.69. The Morgan fingerprint density at radius 3 is 2.83 bits per heavy atom. The maximum Gasteiger partial charge on any atom is 0.133 e. The Hall–Kier alpha value is -1.81. The topological polar surface area (TPSA) is 64.7 Å². The molecule has 0 saturated heterocycles. The van der Waals surface area contributed by atoms with Gasteiger partial charge in [0.1, 0.15) is 5.82 Å². The van der Waals surface area contributed by atoms with Crippen LogP contribution in [0, 0.1) is 6.92 Å². The summed E-state index contributed by atoms with van der Waals surface area (Å²) in [7, 11) is 0. The fourth-order valence-corrected chi connectivity index (χ4v) is 1.90. The molecule has 2 heterocycles. The van der Waals surface area contributed by atoms with E-state index >= 15 is 0 Å². The molecule has 0 aromatic carbocycles. The molecule has 94 valence electrons. The minimum Gasteiger partial charge on any atom is -0.328 e. The molecule has 0 aliphatic rings. The van der Waals surface area contributed by atoms with Gasteiger partial charge in [0, 0.05) is 42.7 Å². The van der Waals surface area contributed by atoms with Gasteiger partial charge < -0.3 is 5.73 Å². The summed E-state index contributed by atoms with van der Waals surface area (Å²) >= 11 is 0. The van der Waals surface area contributed by atoms with Crippen LogP contribution in [0.4, 0.5) is 0 Å². The Kier molecular flexibility index (Phi) is 3.99. The summed E-state index contributed by atoms with van der Waals surface area (Å²) in [5.74, 6) is 0.832. The summed E-state index contributed by atoms with van der Waals surface area (Å²) in [5, 5.41) is 0. The van der Waals surface area contributed by atoms with Crippen LogP contribution in [0.15, 0.2) is 30.6 Å². The Balaban J connectivity index is 2.20. The molecule has 0 amide bonds. The number of aromatic nitrogens is 3. The van der Waals surface area contributed by atoms with Gasteiger partial charge in [-0.25, -0.2) is 9.97 Å². The van der Waals surface area contributed by atoms with E-state index in [0.717, 1.165) is 29.2 Å². The van der Waals surface area contributed by atoms with E-state index in [4.69, 9.17) is 5.73 Å². The van der Waals surface area contributed by atoms with Crippen molar-refractivity contribution in [1.82, 2.24) is 15.0 Å². The molecule has 0 radical (unpaired) electrons. The van der Waals surface area contributed by atoms with Crippen molar-refractivity contribution in [2.45, 2.75) is 32.7 Å². The number of nitrogens with two attached hydrogens (primary N) is 1. The van der Waals surface area contributed by atoms with Crippen molar-refractivity contribution < 1.29 is 0 Å². The molecule has 4 nitrogen and oxygen atoms in total. The van der Waals surface area contributed by atoms with Gasteiger partial charge in [-0.1, -0.05) is 6.07 Å². The number of aryl methyl sites for hydroxylation is 1. The second-order valence-electron chi connectivity index (χ2n) is 4.64. The van der Waals surface area contributed by atoms with Gasteiger partial charge in [-0.05, 0) is 31.5 Å². The number of hydrogen-bond acceptors (Lipinski definition) is 4. The lowest BCUT2D eigenvalue weighted by molar-refractivity contribution is 0.711. The fraction of sp³-hybridized carbons (Fsp3) is 0.357. The highest BCUT2D eigenvalue weighted by atomic mass is 14.9. The molecule has 0 aliphatic carbocycles. The minimum atomic E-state index is 0.116. The van der Waals surface area contributed by atoms with Crippen molar-refractivity contribution in [1.29, 1.82) is 0 Å². The molecule has 1 atom stereocenters. The molecule has 2 aromatic rings. The van der Waals surface area contributed by atoms with Crippen molar-refractivity contribution in [3.8, 4) is 0 Å². The summed E-state index contributed by atoms with van der Waals surface area (Å²) in [5.41, 5.74) is 8.92. The molecule has 2 N–H and O–H groups in total. The molecule has 18 heavy (non-hydrogen) atoms. The summed E-state index contributed by atoms with van der Waals surface area (Å²) < 4.78 is 0. The first-order valence-electron chi connectivity index (χ1n) is 6.11. The summed E-state index contributed by atoms with van der Waals surface area (Å²) in [4.78, 5) is 13.1. The van der Waals surface area contributed by atoms with Gasteiger partial charge in [-0.2, -0.15) is 0 Å². The van der Waals surface area contributed by atoms with E-state index in [-0.39, 0.29) is 6.04 Å². The summed E-state index contributed by atoms with van der Waals surface area (Å²) in [6, 6.07) is 6.07. The van der Waals surface area contributed by atoms with E-state index in [1.807, 2.05) is 38.2 Å². The molecule has 1 unspecified atom stereocenters. The van der Waals surface area contributed by atoms with Crippen molar-refractivity contribution in [2.75, 3.05) is 0 Å². The van der Waals surface area contributed by atoms with Crippen molar-refractivity contribution in [3.63, 3.8) is 0 Å². The zero-order valence-electron chi connectivity index (χ0n) is 10.8. The average molecular weight is 242 g/mol. The lowest BCUT2D eigenvalue weighted by Gasteiger charge is -2.08. The normalized spacial score (nSPS) is 12.4. The Bertz CT molecular complexity index is 508. The van der Waals surface area contributed by atoms with E-state index in [1.54, 1.807) is 6.20 Å². The Morgan fingerprint density at radius 1 is 1.33 bits per heavy atom. The standard InChI is InChI=1S/C14H18N4/c1-10(15)6-13-7-11(2)17-14(18-13)8-12-4-3-5-16-9-12/h3-5,7,9-10H,6,8,15H2,1-2H3. The fourth-order valence-electron chi connectivity index (χ4n) is 1.90. The maximum atomic E-state index is 5.81. The third kappa shape index (κ3) is 3.60. The van der Waals surface area contributed by atoms with Gasteiger partial charge in [-0.15, -0.1) is 0 Å². The largest absolute Gasteiger partial charge is 0.328 e. The van der Waals surface area contributed by atoms with Gasteiger partial charge in [0.2, 0.25) is 0 Å². The van der Waals surface area contributed by atoms with Crippen LogP contribution in [-0.4, -0.2) is 21.0 Å². The van der Waals surface area contributed by atoms with Gasteiger partial charge >= 0.3 is 0 Å². The van der Waals surface area contributed by atoms with Crippen LogP contribution in [0.25, 0.3) is 0 Å². The van der Waals surface area contributed by atoms with Gasteiger partial charge in [-0.3, -0.25) is 4.98 Å². The zero-order valence-corrected chi connectivity index (χ0v) is 10.8. The van der Waals surface area contributed by atoms with Crippen LogP contribution in [0.2, 0.25) is 0 Å². The van der Waals surface area contributed by atoms with E-state index in [9.17, 15) is 0 Å². The summed E-state index contributed by atoms with van der Waals surface area (Å²) in [6.07, 6.45) is 5.10. The number of pyridine rings is 1. The predicted octanol–water partition coefficient (Wildman–Crippen LogP) is 1.66. The maximum absolute atomic E-state index is 5.81. The van der Waals surface area contributed by atoms with Crippen LogP contribution >= 0.6 is 0 Å². The van der Waals surface area contributed by atoms with Crippen LogP contribution in [0.1, 0.15) is 29.7 Å². The van der Waals surface area contributed by atoms with E-state index in [1.165, 1.54) is 0 Å². The van der Waals surface area contributed by atoms with Gasteiger partial charge in [0.25, 0.3) is 0 Å². The van der Waals surface area contributed by atoms with Gasteiger partial charge in [0.15, 0.2) is 0 Å². The number of hydrogen-bond donors (Lipinski definition) is 1. The first-order valence-corrected chi connectivity index (χ1v) is 6.11. The third-order valence-electron chi connectivity index (χ3n) is 2.57. The molecule has 4 heteroatoms. The van der Waals surface area contributed by atoms with E-state index in [2.05, 4.69) is 15.0 Å². The number of rotatable bonds is 4. The van der Waals surface area contributed by atoms with E-state index < -0.39 is 0 Å². The van der Waals surface area contributed by atoms with Crippen molar-refractivity contribution in [3.05, 3.63) is 53.4 Å². The van der Waals surface area contributed by atoms with Crippen molar-refractivity contribution in [2.24, 2.45) is 5.73 Å². The van der Waals surface area contributed by atoms with Gasteiger partial charge in [0.05, 0.1) is 0 Å². The molecule has 0 aliphatic heterocycles. The van der Waals surface area contributed by atoms with Crippen LogP contribution in [-0.2, 0) is 12.8 Å². The molecule has 2 rings (SSSR count). The van der Waals surface area contributed by atoms with Crippen molar-refractivity contribution >= 4 is 0 Å². The number of nitrogens with zero attached hydrogens (tertiary/aromatic N) is 3. The minimum absolute atomic E-state index is 0.116. The highest BCUT2D eigenvalue weighted by molar-refractivity contribution is 5.18. The zero-order chi connectivity index (χ0) is 13.0. The molecule has 0 saturated carbocycles. The van der Waals surface area contributed by atoms with Crippen LogP contribution in [0.3, 0.4) is 0 Å². The van der Waals surface area contributed by atoms with E-state index in [0.29, 0.717) is 6.42 Å².